The molecule has 15 heavy (non-hydrogen) atoms. The number of carbonyl (C=O) groups is 1. The highest BCUT2D eigenvalue weighted by atomic mass is 16.4. The number of anilines is 1. The molecule has 1 aromatic heterocycles. The lowest BCUT2D eigenvalue weighted by Crippen LogP contribution is -2.26. The van der Waals surface area contributed by atoms with Crippen molar-refractivity contribution in [2.45, 2.75) is 18.4 Å². The zero-order chi connectivity index (χ0) is 10.9. The van der Waals surface area contributed by atoms with Crippen LogP contribution < -0.4 is 5.32 Å². The summed E-state index contributed by atoms with van der Waals surface area (Å²) in [5.74, 6) is -0.608. The summed E-state index contributed by atoms with van der Waals surface area (Å²) in [5, 5.41) is 20.7. The van der Waals surface area contributed by atoms with Gasteiger partial charge in [0, 0.05) is 0 Å². The van der Waals surface area contributed by atoms with Crippen LogP contribution in [0.15, 0.2) is 12.4 Å². The van der Waals surface area contributed by atoms with E-state index in [2.05, 4.69) is 15.3 Å². The van der Waals surface area contributed by atoms with Gasteiger partial charge < -0.3 is 15.5 Å². The van der Waals surface area contributed by atoms with Crippen molar-refractivity contribution in [1.82, 2.24) is 9.97 Å². The number of nitrogens with zero attached hydrogens (tertiary/aromatic N) is 2. The van der Waals surface area contributed by atoms with E-state index >= 15 is 0 Å². The SMILES string of the molecule is O=C(O)c1cnc(NC2(CO)CC2)cn1. The van der Waals surface area contributed by atoms with E-state index in [0.717, 1.165) is 12.8 Å². The molecular formula is C9H11N3O3. The molecule has 1 fully saturated rings. The van der Waals surface area contributed by atoms with Crippen molar-refractivity contribution in [3.8, 4) is 0 Å². The average molecular weight is 209 g/mol. The molecule has 6 heteroatoms. The molecule has 0 amide bonds. The Labute approximate surface area is 86.0 Å². The molecule has 1 saturated carbocycles. The summed E-state index contributed by atoms with van der Waals surface area (Å²) < 4.78 is 0. The molecule has 6 nitrogen and oxygen atoms in total. The summed E-state index contributed by atoms with van der Waals surface area (Å²) in [4.78, 5) is 18.1. The lowest BCUT2D eigenvalue weighted by molar-refractivity contribution is 0.0690. The number of aromatic carboxylic acids is 1. The minimum Gasteiger partial charge on any atom is -0.476 e. The highest BCUT2D eigenvalue weighted by Crippen LogP contribution is 2.37. The monoisotopic (exact) mass is 209 g/mol. The Balaban J connectivity index is 2.07. The summed E-state index contributed by atoms with van der Waals surface area (Å²) in [6.07, 6.45) is 4.34. The van der Waals surface area contributed by atoms with Crippen LogP contribution in [0.2, 0.25) is 0 Å². The van der Waals surface area contributed by atoms with Crippen molar-refractivity contribution in [2.75, 3.05) is 11.9 Å². The molecule has 0 aliphatic heterocycles. The lowest BCUT2D eigenvalue weighted by atomic mass is 10.3. The fraction of sp³-hybridized carbons (Fsp3) is 0.444. The first-order chi connectivity index (χ1) is 7.15. The van der Waals surface area contributed by atoms with Crippen molar-refractivity contribution in [3.63, 3.8) is 0 Å². The number of carboxylic acid groups (broad SMARTS) is 1. The Kier molecular flexibility index (Phi) is 2.28. The van der Waals surface area contributed by atoms with Gasteiger partial charge in [0.15, 0.2) is 5.69 Å². The second-order valence-electron chi connectivity index (χ2n) is 3.66. The van der Waals surface area contributed by atoms with Gasteiger partial charge in [-0.1, -0.05) is 0 Å². The predicted molar refractivity (Wildman–Crippen MR) is 51.7 cm³/mol. The molecule has 0 bridgehead atoms. The van der Waals surface area contributed by atoms with Crippen LogP contribution in [0.4, 0.5) is 5.82 Å². The predicted octanol–water partition coefficient (Wildman–Crippen LogP) is 0.112. The molecule has 0 spiro atoms. The van der Waals surface area contributed by atoms with Gasteiger partial charge in [0.25, 0.3) is 0 Å². The number of aromatic nitrogens is 2. The number of carboxylic acids is 1. The average Bonchev–Trinajstić information content (AvgIpc) is 2.99. The smallest absolute Gasteiger partial charge is 0.356 e. The Morgan fingerprint density at radius 3 is 2.60 bits per heavy atom. The zero-order valence-corrected chi connectivity index (χ0v) is 7.97. The molecule has 3 N–H and O–H groups in total. The quantitative estimate of drug-likeness (QED) is 0.651. The molecule has 0 aromatic carbocycles. The van der Waals surface area contributed by atoms with Crippen LogP contribution in [0.5, 0.6) is 0 Å². The third-order valence-electron chi connectivity index (χ3n) is 2.42. The highest BCUT2D eigenvalue weighted by molar-refractivity contribution is 5.84. The standard InChI is InChI=1S/C9H11N3O3/c13-5-9(1-2-9)12-7-4-10-6(3-11-7)8(14)15/h3-4,13H,1-2,5H2,(H,11,12)(H,14,15). The van der Waals surface area contributed by atoms with Crippen molar-refractivity contribution in [3.05, 3.63) is 18.1 Å². The minimum atomic E-state index is -1.10. The van der Waals surface area contributed by atoms with E-state index in [4.69, 9.17) is 10.2 Å². The summed E-state index contributed by atoms with van der Waals surface area (Å²) in [7, 11) is 0. The van der Waals surface area contributed by atoms with Gasteiger partial charge in [-0.15, -0.1) is 0 Å². The summed E-state index contributed by atoms with van der Waals surface area (Å²) in [5.41, 5.74) is -0.353. The van der Waals surface area contributed by atoms with E-state index in [1.165, 1.54) is 12.4 Å². The Morgan fingerprint density at radius 2 is 2.20 bits per heavy atom. The number of rotatable bonds is 4. The van der Waals surface area contributed by atoms with Crippen molar-refractivity contribution >= 4 is 11.8 Å². The van der Waals surface area contributed by atoms with Crippen molar-refractivity contribution in [2.24, 2.45) is 0 Å². The van der Waals surface area contributed by atoms with Crippen molar-refractivity contribution < 1.29 is 15.0 Å². The summed E-state index contributed by atoms with van der Waals surface area (Å²) in [6.45, 7) is 0.0510. The molecular weight excluding hydrogens is 198 g/mol. The summed E-state index contributed by atoms with van der Waals surface area (Å²) in [6, 6.07) is 0. The number of hydrogen-bond donors (Lipinski definition) is 3. The van der Waals surface area contributed by atoms with Crippen LogP contribution in [0.25, 0.3) is 0 Å². The van der Waals surface area contributed by atoms with E-state index in [0.29, 0.717) is 5.82 Å². The van der Waals surface area contributed by atoms with Crippen LogP contribution in [-0.4, -0.2) is 38.3 Å². The van der Waals surface area contributed by atoms with Crippen LogP contribution in [0.3, 0.4) is 0 Å². The molecule has 0 saturated heterocycles. The number of aliphatic hydroxyl groups is 1. The van der Waals surface area contributed by atoms with Gasteiger partial charge in [0.05, 0.1) is 24.5 Å². The molecule has 0 atom stereocenters. The van der Waals surface area contributed by atoms with Gasteiger partial charge >= 0.3 is 5.97 Å². The van der Waals surface area contributed by atoms with E-state index in [9.17, 15) is 4.79 Å². The van der Waals surface area contributed by atoms with Crippen molar-refractivity contribution in [1.29, 1.82) is 0 Å². The third-order valence-corrected chi connectivity index (χ3v) is 2.42. The summed E-state index contributed by atoms with van der Waals surface area (Å²) >= 11 is 0. The first-order valence-electron chi connectivity index (χ1n) is 4.60. The molecule has 1 heterocycles. The van der Waals surface area contributed by atoms with Gasteiger partial charge in [0.2, 0.25) is 0 Å². The van der Waals surface area contributed by atoms with E-state index < -0.39 is 5.97 Å². The van der Waals surface area contributed by atoms with Crippen LogP contribution in [0, 0.1) is 0 Å². The zero-order valence-electron chi connectivity index (χ0n) is 7.97. The maximum Gasteiger partial charge on any atom is 0.356 e. The molecule has 80 valence electrons. The normalized spacial score (nSPS) is 17.1. The second-order valence-corrected chi connectivity index (χ2v) is 3.66. The molecule has 0 unspecified atom stereocenters. The van der Waals surface area contributed by atoms with Gasteiger partial charge in [0.1, 0.15) is 5.82 Å². The fourth-order valence-corrected chi connectivity index (χ4v) is 1.25. The molecule has 1 aromatic rings. The first-order valence-corrected chi connectivity index (χ1v) is 4.60. The van der Waals surface area contributed by atoms with E-state index in [1.807, 2.05) is 0 Å². The third kappa shape index (κ3) is 2.04. The second kappa shape index (κ2) is 3.47. The number of hydrogen-bond acceptors (Lipinski definition) is 5. The maximum absolute atomic E-state index is 10.5. The van der Waals surface area contributed by atoms with E-state index in [-0.39, 0.29) is 17.8 Å². The van der Waals surface area contributed by atoms with E-state index in [1.54, 1.807) is 0 Å². The largest absolute Gasteiger partial charge is 0.476 e. The van der Waals surface area contributed by atoms with Gasteiger partial charge in [-0.2, -0.15) is 0 Å². The fourth-order valence-electron chi connectivity index (χ4n) is 1.25. The van der Waals surface area contributed by atoms with Crippen LogP contribution in [-0.2, 0) is 0 Å². The Hall–Kier alpha value is -1.69. The molecule has 1 aliphatic rings. The first kappa shape index (κ1) is 9.85. The van der Waals surface area contributed by atoms with Crippen LogP contribution in [0.1, 0.15) is 23.3 Å². The molecule has 0 radical (unpaired) electrons. The highest BCUT2D eigenvalue weighted by Gasteiger charge is 2.42. The van der Waals surface area contributed by atoms with Gasteiger partial charge in [-0.25, -0.2) is 14.8 Å². The number of aliphatic hydroxyl groups excluding tert-OH is 1. The van der Waals surface area contributed by atoms with Gasteiger partial charge in [-0.05, 0) is 12.8 Å². The maximum atomic E-state index is 10.5. The van der Waals surface area contributed by atoms with Gasteiger partial charge in [-0.3, -0.25) is 0 Å². The minimum absolute atomic E-state index is 0.0510. The molecule has 2 rings (SSSR count). The van der Waals surface area contributed by atoms with Crippen LogP contribution >= 0.6 is 0 Å². The lowest BCUT2D eigenvalue weighted by Gasteiger charge is -2.14. The number of nitrogens with one attached hydrogen (secondary N) is 1. The molecule has 1 aliphatic carbocycles. The topological polar surface area (TPSA) is 95.3 Å². The Morgan fingerprint density at radius 1 is 1.47 bits per heavy atom. The Bertz CT molecular complexity index is 373.